The van der Waals surface area contributed by atoms with Gasteiger partial charge < -0.3 is 9.67 Å². The first kappa shape index (κ1) is 17.0. The lowest BCUT2D eigenvalue weighted by Crippen LogP contribution is -2.06. The van der Waals surface area contributed by atoms with Crippen LogP contribution in [0.25, 0.3) is 27.1 Å². The largest absolute Gasteiger partial charge is 0.477 e. The van der Waals surface area contributed by atoms with E-state index in [2.05, 4.69) is 10.9 Å². The molecule has 5 heteroatoms. The lowest BCUT2D eigenvalue weighted by atomic mass is 9.97. The highest BCUT2D eigenvalue weighted by Crippen LogP contribution is 2.39. The second-order valence-electron chi connectivity index (χ2n) is 5.87. The second-order valence-corrected chi connectivity index (χ2v) is 5.87. The van der Waals surface area contributed by atoms with Crippen LogP contribution in [0.1, 0.15) is 21.7 Å². The number of nitrogens with zero attached hydrogens (tertiary/aromatic N) is 3. The minimum atomic E-state index is -1.07. The van der Waals surface area contributed by atoms with Gasteiger partial charge in [-0.1, -0.05) is 42.5 Å². The smallest absolute Gasteiger partial charge is 0.351 e. The summed E-state index contributed by atoms with van der Waals surface area (Å²) in [5, 5.41) is 18.8. The zero-order chi connectivity index (χ0) is 18.8. The number of carbonyl (C=O) groups is 1. The number of carboxylic acids is 1. The van der Waals surface area contributed by atoms with E-state index in [1.807, 2.05) is 30.3 Å². The summed E-state index contributed by atoms with van der Waals surface area (Å²) >= 11 is 0. The average Bonchev–Trinajstić information content (AvgIpc) is 2.92. The summed E-state index contributed by atoms with van der Waals surface area (Å²) in [4.78, 5) is 15.3. The van der Waals surface area contributed by atoms with Crippen molar-refractivity contribution < 1.29 is 9.90 Å². The normalized spacial score (nSPS) is 10.2. The van der Waals surface area contributed by atoms with Gasteiger partial charge in [0, 0.05) is 18.3 Å². The van der Waals surface area contributed by atoms with Gasteiger partial charge in [-0.2, -0.15) is 5.26 Å². The maximum Gasteiger partial charge on any atom is 0.351 e. The molecule has 0 radical (unpaired) electrons. The molecule has 1 N–H and O–H groups in total. The summed E-state index contributed by atoms with van der Waals surface area (Å²) in [5.74, 6) is -1.07. The highest BCUT2D eigenvalue weighted by molar-refractivity contribution is 6.00. The molecule has 3 aromatic rings. The number of nitriles is 1. The molecule has 26 heavy (non-hydrogen) atoms. The highest BCUT2D eigenvalue weighted by atomic mass is 16.4. The summed E-state index contributed by atoms with van der Waals surface area (Å²) in [7, 11) is 1.65. The Kier molecular flexibility index (Phi) is 4.31. The van der Waals surface area contributed by atoms with Crippen LogP contribution in [-0.4, -0.2) is 15.6 Å². The number of aromatic nitrogens is 1. The van der Waals surface area contributed by atoms with E-state index in [1.54, 1.807) is 32.2 Å². The number of aromatic carboxylic acids is 1. The Morgan fingerprint density at radius 1 is 1.15 bits per heavy atom. The molecule has 1 heterocycles. The second kappa shape index (κ2) is 6.58. The van der Waals surface area contributed by atoms with Crippen LogP contribution in [0.5, 0.6) is 0 Å². The molecule has 1 aromatic heterocycles. The predicted octanol–water partition coefficient (Wildman–Crippen LogP) is 4.79. The van der Waals surface area contributed by atoms with E-state index >= 15 is 0 Å². The van der Waals surface area contributed by atoms with Crippen molar-refractivity contribution in [1.82, 2.24) is 4.57 Å². The first-order valence-electron chi connectivity index (χ1n) is 7.89. The molecule has 0 aliphatic rings. The molecule has 0 aliphatic heterocycles. The van der Waals surface area contributed by atoms with Crippen molar-refractivity contribution >= 4 is 11.7 Å². The third kappa shape index (κ3) is 2.62. The van der Waals surface area contributed by atoms with E-state index in [-0.39, 0.29) is 5.69 Å². The van der Waals surface area contributed by atoms with Crippen molar-refractivity contribution in [3.8, 4) is 28.3 Å². The summed E-state index contributed by atoms with van der Waals surface area (Å²) in [6.07, 6.45) is 0. The van der Waals surface area contributed by atoms with Crippen molar-refractivity contribution in [2.75, 3.05) is 0 Å². The van der Waals surface area contributed by atoms with Crippen LogP contribution in [0, 0.1) is 24.8 Å². The predicted molar refractivity (Wildman–Crippen MR) is 99.0 cm³/mol. The first-order chi connectivity index (χ1) is 12.5. The monoisotopic (exact) mass is 341 g/mol. The molecule has 0 spiro atoms. The van der Waals surface area contributed by atoms with E-state index < -0.39 is 5.97 Å². The average molecular weight is 341 g/mol. The van der Waals surface area contributed by atoms with E-state index in [0.29, 0.717) is 28.1 Å². The van der Waals surface area contributed by atoms with Crippen molar-refractivity contribution in [3.63, 3.8) is 0 Å². The van der Waals surface area contributed by atoms with Gasteiger partial charge >= 0.3 is 5.97 Å². The Balaban J connectivity index is 2.17. The lowest BCUT2D eigenvalue weighted by Gasteiger charge is -2.08. The van der Waals surface area contributed by atoms with Crippen LogP contribution in [0.3, 0.4) is 0 Å². The van der Waals surface area contributed by atoms with Gasteiger partial charge in [0.15, 0.2) is 0 Å². The molecule has 0 saturated heterocycles. The molecule has 0 amide bonds. The lowest BCUT2D eigenvalue weighted by molar-refractivity contribution is 0.0687. The van der Waals surface area contributed by atoms with Crippen LogP contribution >= 0.6 is 0 Å². The standard InChI is InChI=1S/C21H15N3O2/c1-13-19(23-2)18(20(21(25)26)24(13)3)15-10-8-14(9-11-15)17-7-5-4-6-16(17)12-22/h4-11H,1,3H3,(H,25,26). The molecular formula is C21H15N3O2. The summed E-state index contributed by atoms with van der Waals surface area (Å²) < 4.78 is 1.53. The fourth-order valence-electron chi connectivity index (χ4n) is 3.10. The number of carboxylic acid groups (broad SMARTS) is 1. The number of hydrogen-bond donors (Lipinski definition) is 1. The third-order valence-electron chi connectivity index (χ3n) is 4.50. The topological polar surface area (TPSA) is 70.4 Å². The molecule has 0 fully saturated rings. The van der Waals surface area contributed by atoms with E-state index in [0.717, 1.165) is 11.1 Å². The Labute approximate surface area is 151 Å². The maximum absolute atomic E-state index is 11.7. The molecule has 0 atom stereocenters. The summed E-state index contributed by atoms with van der Waals surface area (Å²) in [6.45, 7) is 9.18. The zero-order valence-corrected chi connectivity index (χ0v) is 14.3. The Morgan fingerprint density at radius 3 is 2.35 bits per heavy atom. The molecule has 0 bridgehead atoms. The molecule has 0 aliphatic carbocycles. The minimum Gasteiger partial charge on any atom is -0.477 e. The molecule has 2 aromatic carbocycles. The Hall–Kier alpha value is -3.83. The quantitative estimate of drug-likeness (QED) is 0.696. The maximum atomic E-state index is 11.7. The van der Waals surface area contributed by atoms with Crippen molar-refractivity contribution in [2.24, 2.45) is 7.05 Å². The van der Waals surface area contributed by atoms with Crippen molar-refractivity contribution in [2.45, 2.75) is 6.92 Å². The van der Waals surface area contributed by atoms with E-state index in [9.17, 15) is 15.2 Å². The zero-order valence-electron chi connectivity index (χ0n) is 14.3. The molecule has 0 saturated carbocycles. The Bertz CT molecular complexity index is 1090. The van der Waals surface area contributed by atoms with Gasteiger partial charge in [0.2, 0.25) is 5.69 Å². The molecule has 5 nitrogen and oxygen atoms in total. The Morgan fingerprint density at radius 2 is 1.77 bits per heavy atom. The summed E-state index contributed by atoms with van der Waals surface area (Å²) in [6, 6.07) is 16.7. The van der Waals surface area contributed by atoms with Gasteiger partial charge in [0.1, 0.15) is 5.69 Å². The van der Waals surface area contributed by atoms with Gasteiger partial charge in [0.25, 0.3) is 0 Å². The molecule has 3 rings (SSSR count). The van der Waals surface area contributed by atoms with E-state index in [4.69, 9.17) is 6.57 Å². The SMILES string of the molecule is [C-]#[N+]c1c(-c2ccc(-c3ccccc3C#N)cc2)c(C(=O)O)n(C)c1C. The minimum absolute atomic E-state index is 0.0960. The van der Waals surface area contributed by atoms with E-state index in [1.165, 1.54) is 4.57 Å². The summed E-state index contributed by atoms with van der Waals surface area (Å²) in [5.41, 5.74) is 4.39. The van der Waals surface area contributed by atoms with Crippen LogP contribution in [0.2, 0.25) is 0 Å². The van der Waals surface area contributed by atoms with Gasteiger partial charge in [-0.3, -0.25) is 0 Å². The van der Waals surface area contributed by atoms with Gasteiger partial charge in [-0.05, 0) is 29.7 Å². The molecular weight excluding hydrogens is 326 g/mol. The van der Waals surface area contributed by atoms with Crippen molar-refractivity contribution in [1.29, 1.82) is 5.26 Å². The van der Waals surface area contributed by atoms with Gasteiger partial charge in [0.05, 0.1) is 18.2 Å². The number of hydrogen-bond acceptors (Lipinski definition) is 2. The number of rotatable bonds is 3. The molecule has 126 valence electrons. The van der Waals surface area contributed by atoms with Crippen LogP contribution in [0.4, 0.5) is 5.69 Å². The van der Waals surface area contributed by atoms with Crippen LogP contribution in [0.15, 0.2) is 48.5 Å². The van der Waals surface area contributed by atoms with Crippen molar-refractivity contribution in [3.05, 3.63) is 76.9 Å². The highest BCUT2D eigenvalue weighted by Gasteiger charge is 2.24. The fourth-order valence-corrected chi connectivity index (χ4v) is 3.10. The number of benzene rings is 2. The van der Waals surface area contributed by atoms with Crippen LogP contribution < -0.4 is 0 Å². The van der Waals surface area contributed by atoms with Crippen LogP contribution in [-0.2, 0) is 7.05 Å². The molecule has 0 unspecified atom stereocenters. The van der Waals surface area contributed by atoms with Gasteiger partial charge in [-0.25, -0.2) is 9.64 Å². The van der Waals surface area contributed by atoms with Gasteiger partial charge in [-0.15, -0.1) is 0 Å². The first-order valence-corrected chi connectivity index (χ1v) is 7.89. The third-order valence-corrected chi connectivity index (χ3v) is 4.50. The fraction of sp³-hybridized carbons (Fsp3) is 0.0952.